The van der Waals surface area contributed by atoms with Gasteiger partial charge in [0.1, 0.15) is 0 Å². The summed E-state index contributed by atoms with van der Waals surface area (Å²) >= 11 is 0. The molecule has 0 bridgehead atoms. The SMILES string of the molecule is Cc1ccc(S(=O)(=O)N[C@H](c2ccccc2)[C@@H](c2ccccc2)[S+](C)C)cc1.[I-]. The number of benzene rings is 3. The molecule has 0 aromatic heterocycles. The molecule has 0 amide bonds. The standard InChI is InChI=1S/C23H26NO2S2.HI/c1-18-14-16-21(17-15-18)28(25,26)24-22(19-10-6-4-7-11-19)23(27(2)3)20-12-8-5-9-13-20;/h4-17,22-24H,1-3H3;1H/q+1;/p-1/t22-,23-;/m1./s1. The van der Waals surface area contributed by atoms with Crippen LogP contribution >= 0.6 is 0 Å². The van der Waals surface area contributed by atoms with Gasteiger partial charge in [-0.2, -0.15) is 4.72 Å². The molecule has 3 aromatic carbocycles. The number of hydrogen-bond donors (Lipinski definition) is 1. The third-order valence-electron chi connectivity index (χ3n) is 4.71. The fourth-order valence-corrected chi connectivity index (χ4v) is 6.09. The zero-order valence-corrected chi connectivity index (χ0v) is 20.5. The zero-order valence-electron chi connectivity index (χ0n) is 16.7. The van der Waals surface area contributed by atoms with Gasteiger partial charge in [0.15, 0.2) is 5.25 Å². The van der Waals surface area contributed by atoms with Gasteiger partial charge in [0, 0.05) is 5.56 Å². The quantitative estimate of drug-likeness (QED) is 0.367. The summed E-state index contributed by atoms with van der Waals surface area (Å²) in [4.78, 5) is 0.290. The van der Waals surface area contributed by atoms with Gasteiger partial charge >= 0.3 is 0 Å². The minimum Gasteiger partial charge on any atom is -1.00 e. The van der Waals surface area contributed by atoms with Crippen molar-refractivity contribution in [1.82, 2.24) is 4.72 Å². The maximum Gasteiger partial charge on any atom is 0.241 e. The van der Waals surface area contributed by atoms with Crippen molar-refractivity contribution in [1.29, 1.82) is 0 Å². The van der Waals surface area contributed by atoms with Gasteiger partial charge in [0.05, 0.1) is 23.4 Å². The number of hydrogen-bond acceptors (Lipinski definition) is 2. The van der Waals surface area contributed by atoms with Gasteiger partial charge in [0.25, 0.3) is 0 Å². The van der Waals surface area contributed by atoms with E-state index in [4.69, 9.17) is 0 Å². The lowest BCUT2D eigenvalue weighted by molar-refractivity contribution is -0.00000840. The van der Waals surface area contributed by atoms with Crippen LogP contribution in [0.3, 0.4) is 0 Å². The molecular formula is C23H26INO2S2. The van der Waals surface area contributed by atoms with Crippen molar-refractivity contribution in [2.45, 2.75) is 23.1 Å². The molecule has 0 radical (unpaired) electrons. The second-order valence-electron chi connectivity index (χ2n) is 7.03. The highest BCUT2D eigenvalue weighted by atomic mass is 127. The van der Waals surface area contributed by atoms with E-state index in [0.29, 0.717) is 0 Å². The Morgan fingerprint density at radius 1 is 0.759 bits per heavy atom. The summed E-state index contributed by atoms with van der Waals surface area (Å²) in [5, 5.41) is 0.0313. The first-order valence-electron chi connectivity index (χ1n) is 9.14. The Bertz CT molecular complexity index is 992. The highest BCUT2D eigenvalue weighted by Crippen LogP contribution is 2.36. The maximum atomic E-state index is 13.2. The van der Waals surface area contributed by atoms with Crippen LogP contribution in [0, 0.1) is 6.92 Å². The molecule has 0 fully saturated rings. The van der Waals surface area contributed by atoms with Gasteiger partial charge in [0.2, 0.25) is 10.0 Å². The Labute approximate surface area is 194 Å². The van der Waals surface area contributed by atoms with Crippen molar-refractivity contribution in [3.05, 3.63) is 102 Å². The van der Waals surface area contributed by atoms with Crippen LogP contribution in [0.5, 0.6) is 0 Å². The average Bonchev–Trinajstić information content (AvgIpc) is 2.69. The molecule has 6 heteroatoms. The Hall–Kier alpha value is -1.35. The Morgan fingerprint density at radius 3 is 1.72 bits per heavy atom. The summed E-state index contributed by atoms with van der Waals surface area (Å²) in [5.41, 5.74) is 3.13. The Morgan fingerprint density at radius 2 is 1.24 bits per heavy atom. The number of sulfonamides is 1. The van der Waals surface area contributed by atoms with E-state index < -0.39 is 10.0 Å². The fraction of sp³-hybridized carbons (Fsp3) is 0.217. The molecule has 0 heterocycles. The van der Waals surface area contributed by atoms with Crippen LogP contribution < -0.4 is 28.7 Å². The molecule has 0 spiro atoms. The van der Waals surface area contributed by atoms with E-state index in [2.05, 4.69) is 29.4 Å². The zero-order chi connectivity index (χ0) is 20.1. The summed E-state index contributed by atoms with van der Waals surface area (Å²) in [7, 11) is -3.71. The lowest BCUT2D eigenvalue weighted by Gasteiger charge is -2.26. The number of nitrogens with one attached hydrogen (secondary N) is 1. The van der Waals surface area contributed by atoms with Gasteiger partial charge in [-0.1, -0.05) is 78.4 Å². The van der Waals surface area contributed by atoms with Gasteiger partial charge in [-0.3, -0.25) is 0 Å². The monoisotopic (exact) mass is 539 g/mol. The minimum atomic E-state index is -3.66. The van der Waals surface area contributed by atoms with Crippen molar-refractivity contribution in [3.8, 4) is 0 Å². The average molecular weight is 540 g/mol. The second kappa shape index (κ2) is 10.6. The largest absolute Gasteiger partial charge is 1.00 e. The van der Waals surface area contributed by atoms with Gasteiger partial charge in [-0.15, -0.1) is 0 Å². The third kappa shape index (κ3) is 6.07. The van der Waals surface area contributed by atoms with E-state index in [1.54, 1.807) is 12.1 Å². The van der Waals surface area contributed by atoms with Gasteiger partial charge in [-0.25, -0.2) is 8.42 Å². The smallest absolute Gasteiger partial charge is 0.241 e. The minimum absolute atomic E-state index is 0. The summed E-state index contributed by atoms with van der Waals surface area (Å²) in [6, 6.07) is 26.6. The van der Waals surface area contributed by atoms with Crippen molar-refractivity contribution in [2.75, 3.05) is 12.5 Å². The molecule has 0 unspecified atom stereocenters. The molecule has 3 aromatic rings. The summed E-state index contributed by atoms with van der Waals surface area (Å²) in [6.07, 6.45) is 4.32. The molecule has 0 aliphatic rings. The van der Waals surface area contributed by atoms with Crippen LogP contribution in [0.2, 0.25) is 0 Å². The van der Waals surface area contributed by atoms with E-state index >= 15 is 0 Å². The van der Waals surface area contributed by atoms with Crippen LogP contribution in [0.1, 0.15) is 28.0 Å². The molecule has 3 nitrogen and oxygen atoms in total. The molecule has 0 aliphatic carbocycles. The van der Waals surface area contributed by atoms with Crippen LogP contribution in [-0.4, -0.2) is 20.9 Å². The molecule has 0 saturated heterocycles. The van der Waals surface area contributed by atoms with E-state index in [9.17, 15) is 8.42 Å². The van der Waals surface area contributed by atoms with Crippen LogP contribution in [0.25, 0.3) is 0 Å². The topological polar surface area (TPSA) is 46.2 Å². The van der Waals surface area contributed by atoms with E-state index in [1.807, 2.05) is 67.6 Å². The molecule has 1 N–H and O–H groups in total. The van der Waals surface area contributed by atoms with Crippen LogP contribution in [-0.2, 0) is 20.9 Å². The van der Waals surface area contributed by atoms with Crippen molar-refractivity contribution < 1.29 is 32.4 Å². The Balaban J connectivity index is 0.00000300. The van der Waals surface area contributed by atoms with E-state index in [-0.39, 0.29) is 51.1 Å². The normalized spacial score (nSPS) is 13.5. The first kappa shape index (κ1) is 23.9. The van der Waals surface area contributed by atoms with E-state index in [0.717, 1.165) is 16.7 Å². The van der Waals surface area contributed by atoms with Crippen LogP contribution in [0.4, 0.5) is 0 Å². The molecular weight excluding hydrogens is 513 g/mol. The molecule has 29 heavy (non-hydrogen) atoms. The summed E-state index contributed by atoms with van der Waals surface area (Å²) in [5.74, 6) is 0. The molecule has 0 saturated carbocycles. The second-order valence-corrected chi connectivity index (χ2v) is 11.0. The van der Waals surface area contributed by atoms with Crippen molar-refractivity contribution in [2.24, 2.45) is 0 Å². The lowest BCUT2D eigenvalue weighted by atomic mass is 9.99. The van der Waals surface area contributed by atoms with E-state index in [1.165, 1.54) is 0 Å². The highest BCUT2D eigenvalue weighted by Gasteiger charge is 2.37. The summed E-state index contributed by atoms with van der Waals surface area (Å²) in [6.45, 7) is 1.95. The lowest BCUT2D eigenvalue weighted by Crippen LogP contribution is -3.00. The molecule has 0 aliphatic heterocycles. The molecule has 2 atom stereocenters. The van der Waals surface area contributed by atoms with Crippen LogP contribution in [0.15, 0.2) is 89.8 Å². The van der Waals surface area contributed by atoms with Gasteiger partial charge < -0.3 is 24.0 Å². The van der Waals surface area contributed by atoms with Crippen molar-refractivity contribution >= 4 is 20.9 Å². The Kier molecular flexibility index (Phi) is 8.75. The maximum absolute atomic E-state index is 13.2. The molecule has 3 rings (SSSR count). The van der Waals surface area contributed by atoms with Crippen molar-refractivity contribution in [3.63, 3.8) is 0 Å². The third-order valence-corrected chi connectivity index (χ3v) is 7.73. The number of aryl methyl sites for hydroxylation is 1. The predicted molar refractivity (Wildman–Crippen MR) is 119 cm³/mol. The number of rotatable bonds is 7. The highest BCUT2D eigenvalue weighted by molar-refractivity contribution is 7.95. The predicted octanol–water partition coefficient (Wildman–Crippen LogP) is 1.64. The van der Waals surface area contributed by atoms with Gasteiger partial charge in [-0.05, 0) is 35.5 Å². The first-order valence-corrected chi connectivity index (χ1v) is 12.7. The summed E-state index contributed by atoms with van der Waals surface area (Å²) < 4.78 is 29.4. The first-order chi connectivity index (χ1) is 13.4. The molecule has 154 valence electrons. The number of halogens is 1. The fourth-order valence-electron chi connectivity index (χ4n) is 3.30.